The van der Waals surface area contributed by atoms with E-state index in [-0.39, 0.29) is 0 Å². The van der Waals surface area contributed by atoms with Gasteiger partial charge >= 0.3 is 0 Å². The lowest BCUT2D eigenvalue weighted by Crippen LogP contribution is -2.40. The van der Waals surface area contributed by atoms with Crippen molar-refractivity contribution in [2.75, 3.05) is 32.4 Å². The van der Waals surface area contributed by atoms with Crippen LogP contribution in [0.25, 0.3) is 0 Å². The molecule has 0 aromatic heterocycles. The smallest absolute Gasteiger partial charge is 0.193 e. The zero-order valence-corrected chi connectivity index (χ0v) is 14.8. The number of aliphatic imine (C=N–C) groups is 1. The van der Waals surface area contributed by atoms with Gasteiger partial charge in [0.1, 0.15) is 0 Å². The monoisotopic (exact) mass is 367 g/mol. The molecule has 1 aliphatic heterocycles. The van der Waals surface area contributed by atoms with E-state index in [2.05, 4.69) is 68.0 Å². The van der Waals surface area contributed by atoms with Crippen molar-refractivity contribution in [3.8, 4) is 0 Å². The summed E-state index contributed by atoms with van der Waals surface area (Å²) in [5.41, 5.74) is 0. The Balaban J connectivity index is 1.78. The molecule has 1 heterocycles. The van der Waals surface area contributed by atoms with Crippen LogP contribution in [0.4, 0.5) is 0 Å². The molecule has 21 heavy (non-hydrogen) atoms. The van der Waals surface area contributed by atoms with Crippen LogP contribution in [0.1, 0.15) is 6.42 Å². The Labute approximate surface area is 140 Å². The van der Waals surface area contributed by atoms with Crippen molar-refractivity contribution in [3.05, 3.63) is 41.4 Å². The predicted molar refractivity (Wildman–Crippen MR) is 96.3 cm³/mol. The third-order valence-corrected chi connectivity index (χ3v) is 4.99. The number of rotatable bonds is 5. The summed E-state index contributed by atoms with van der Waals surface area (Å²) in [6.45, 7) is 6.71. The molecule has 1 aromatic rings. The molecule has 114 valence electrons. The maximum Gasteiger partial charge on any atom is 0.193 e. The first kappa shape index (κ1) is 16.4. The van der Waals surface area contributed by atoms with Crippen molar-refractivity contribution in [2.24, 2.45) is 10.9 Å². The second-order valence-corrected chi connectivity index (χ2v) is 7.36. The van der Waals surface area contributed by atoms with Crippen LogP contribution in [0.2, 0.25) is 0 Å². The number of nitrogens with zero attached hydrogens (tertiary/aromatic N) is 2. The van der Waals surface area contributed by atoms with Crippen LogP contribution in [0, 0.1) is 5.92 Å². The average Bonchev–Trinajstić information content (AvgIpc) is 2.95. The highest BCUT2D eigenvalue weighted by molar-refractivity contribution is 9.11. The third-order valence-electron chi connectivity index (χ3n) is 3.46. The minimum Gasteiger partial charge on any atom is -0.352 e. The first-order chi connectivity index (χ1) is 10.2. The first-order valence-electron chi connectivity index (χ1n) is 7.15. The van der Waals surface area contributed by atoms with Gasteiger partial charge in [-0.3, -0.25) is 4.99 Å². The molecule has 1 fully saturated rings. The highest BCUT2D eigenvalue weighted by Crippen LogP contribution is 2.25. The number of thioether (sulfide) groups is 1. The van der Waals surface area contributed by atoms with Crippen LogP contribution in [0.3, 0.4) is 0 Å². The molecule has 2 rings (SSSR count). The number of benzene rings is 1. The minimum atomic E-state index is 0.715. The molecule has 1 aliphatic rings. The van der Waals surface area contributed by atoms with Gasteiger partial charge in [-0.05, 0) is 24.5 Å². The number of hydrogen-bond acceptors (Lipinski definition) is 2. The Morgan fingerprint density at radius 2 is 2.24 bits per heavy atom. The Morgan fingerprint density at radius 1 is 1.48 bits per heavy atom. The predicted octanol–water partition coefficient (Wildman–Crippen LogP) is 3.58. The second-order valence-electron chi connectivity index (χ2n) is 5.14. The maximum atomic E-state index is 4.36. The average molecular weight is 368 g/mol. The second kappa shape index (κ2) is 8.49. The van der Waals surface area contributed by atoms with Gasteiger partial charge in [0.2, 0.25) is 0 Å². The van der Waals surface area contributed by atoms with Gasteiger partial charge in [0.25, 0.3) is 0 Å². The van der Waals surface area contributed by atoms with Crippen LogP contribution in [-0.4, -0.2) is 43.3 Å². The van der Waals surface area contributed by atoms with Gasteiger partial charge in [0.05, 0.1) is 0 Å². The quantitative estimate of drug-likeness (QED) is 0.489. The molecule has 0 spiro atoms. The molecule has 1 unspecified atom stereocenters. The Hall–Kier alpha value is -0.940. The van der Waals surface area contributed by atoms with E-state index in [0.717, 1.165) is 29.4 Å². The zero-order valence-electron chi connectivity index (χ0n) is 12.4. The summed E-state index contributed by atoms with van der Waals surface area (Å²) in [7, 11) is 1.84. The summed E-state index contributed by atoms with van der Waals surface area (Å²) in [5, 5.41) is 3.33. The fraction of sp³-hybridized carbons (Fsp3) is 0.438. The first-order valence-corrected chi connectivity index (χ1v) is 8.93. The summed E-state index contributed by atoms with van der Waals surface area (Å²) < 4.78 is 0.944. The maximum absolute atomic E-state index is 4.36. The molecule has 3 nitrogen and oxygen atoms in total. The Kier molecular flexibility index (Phi) is 6.64. The lowest BCUT2D eigenvalue weighted by molar-refractivity contribution is 0.478. The third kappa shape index (κ3) is 5.40. The molecule has 0 amide bonds. The van der Waals surface area contributed by atoms with E-state index in [4.69, 9.17) is 0 Å². The van der Waals surface area contributed by atoms with E-state index in [0.29, 0.717) is 6.54 Å². The van der Waals surface area contributed by atoms with Gasteiger partial charge in [-0.25, -0.2) is 0 Å². The van der Waals surface area contributed by atoms with E-state index in [1.165, 1.54) is 17.1 Å². The van der Waals surface area contributed by atoms with Crippen molar-refractivity contribution in [1.82, 2.24) is 10.2 Å². The molecule has 0 saturated carbocycles. The van der Waals surface area contributed by atoms with Crippen molar-refractivity contribution in [3.63, 3.8) is 0 Å². The summed E-state index contributed by atoms with van der Waals surface area (Å²) in [6, 6.07) is 10.6. The molecule has 0 aliphatic carbocycles. The van der Waals surface area contributed by atoms with Crippen LogP contribution >= 0.6 is 27.7 Å². The van der Waals surface area contributed by atoms with Gasteiger partial charge < -0.3 is 10.2 Å². The van der Waals surface area contributed by atoms with Gasteiger partial charge in [-0.2, -0.15) is 0 Å². The largest absolute Gasteiger partial charge is 0.352 e. The lowest BCUT2D eigenvalue weighted by Gasteiger charge is -2.21. The molecule has 1 saturated heterocycles. The molecule has 0 bridgehead atoms. The number of hydrogen-bond donors (Lipinski definition) is 1. The summed E-state index contributed by atoms with van der Waals surface area (Å²) in [4.78, 5) is 8.05. The highest BCUT2D eigenvalue weighted by Gasteiger charge is 2.24. The van der Waals surface area contributed by atoms with E-state index in [1.54, 1.807) is 0 Å². The van der Waals surface area contributed by atoms with Crippen molar-refractivity contribution in [2.45, 2.75) is 11.3 Å². The van der Waals surface area contributed by atoms with Gasteiger partial charge in [0, 0.05) is 41.8 Å². The molecule has 1 N–H and O–H groups in total. The Bertz CT molecular complexity index is 490. The Morgan fingerprint density at radius 3 is 2.90 bits per heavy atom. The fourth-order valence-corrected chi connectivity index (χ4v) is 3.59. The van der Waals surface area contributed by atoms with Gasteiger partial charge in [0.15, 0.2) is 5.96 Å². The van der Waals surface area contributed by atoms with E-state index in [9.17, 15) is 0 Å². The topological polar surface area (TPSA) is 27.6 Å². The van der Waals surface area contributed by atoms with Gasteiger partial charge in [-0.1, -0.05) is 40.7 Å². The lowest BCUT2D eigenvalue weighted by atomic mass is 10.2. The van der Waals surface area contributed by atoms with E-state index >= 15 is 0 Å². The van der Waals surface area contributed by atoms with Gasteiger partial charge in [-0.15, -0.1) is 11.8 Å². The van der Waals surface area contributed by atoms with Crippen LogP contribution in [0.5, 0.6) is 0 Å². The molecule has 1 atom stereocenters. The fourth-order valence-electron chi connectivity index (χ4n) is 2.40. The number of likely N-dealkylation sites (tertiary alicyclic amines) is 1. The summed E-state index contributed by atoms with van der Waals surface area (Å²) in [5.74, 6) is 2.87. The van der Waals surface area contributed by atoms with Crippen molar-refractivity contribution in [1.29, 1.82) is 0 Å². The van der Waals surface area contributed by atoms with Crippen LogP contribution in [0.15, 0.2) is 51.3 Å². The standard InChI is InChI=1S/C16H22BrN3S/c1-13(17)10-19-16(18-2)20-9-8-14(11-20)12-21-15-6-4-3-5-7-15/h3-7,14H,1,8-12H2,2H3,(H,18,19). The molecular formula is C16H22BrN3S. The van der Waals surface area contributed by atoms with E-state index in [1.807, 2.05) is 18.8 Å². The highest BCUT2D eigenvalue weighted by atomic mass is 79.9. The SMILES string of the molecule is C=C(Br)CNC(=NC)N1CCC(CSc2ccccc2)C1. The summed E-state index contributed by atoms with van der Waals surface area (Å²) in [6.07, 6.45) is 1.23. The zero-order chi connectivity index (χ0) is 15.1. The minimum absolute atomic E-state index is 0.715. The molecule has 5 heteroatoms. The number of nitrogens with one attached hydrogen (secondary N) is 1. The van der Waals surface area contributed by atoms with Crippen LogP contribution < -0.4 is 5.32 Å². The van der Waals surface area contributed by atoms with Crippen molar-refractivity contribution >= 4 is 33.7 Å². The van der Waals surface area contributed by atoms with Crippen LogP contribution in [-0.2, 0) is 0 Å². The number of guanidine groups is 1. The summed E-state index contributed by atoms with van der Waals surface area (Å²) >= 11 is 5.32. The molecule has 1 aromatic carbocycles. The normalized spacial score (nSPS) is 18.9. The number of halogens is 1. The van der Waals surface area contributed by atoms with Crippen molar-refractivity contribution < 1.29 is 0 Å². The molecular weight excluding hydrogens is 346 g/mol. The van der Waals surface area contributed by atoms with E-state index < -0.39 is 0 Å². The molecule has 0 radical (unpaired) electrons.